The molecule has 0 saturated heterocycles. The van der Waals surface area contributed by atoms with Gasteiger partial charge in [0.1, 0.15) is 11.3 Å². The van der Waals surface area contributed by atoms with Gasteiger partial charge in [0, 0.05) is 10.7 Å². The van der Waals surface area contributed by atoms with Crippen molar-refractivity contribution in [2.45, 2.75) is 12.1 Å². The van der Waals surface area contributed by atoms with Crippen molar-refractivity contribution in [2.75, 3.05) is 17.7 Å². The van der Waals surface area contributed by atoms with Gasteiger partial charge in [-0.25, -0.2) is 4.98 Å². The number of thioether (sulfide) groups is 1. The Bertz CT molecular complexity index is 924. The minimum Gasteiger partial charge on any atom is -0.455 e. The number of oxazole rings is 1. The Kier molecular flexibility index (Phi) is 5.80. The van der Waals surface area contributed by atoms with E-state index < -0.39 is 11.9 Å². The van der Waals surface area contributed by atoms with Crippen LogP contribution in [0.25, 0.3) is 11.1 Å². The third-order valence-electron chi connectivity index (χ3n) is 3.43. The summed E-state index contributed by atoms with van der Waals surface area (Å²) in [6.45, 7) is 1.47. The van der Waals surface area contributed by atoms with Crippen LogP contribution < -0.4 is 5.32 Å². The van der Waals surface area contributed by atoms with E-state index in [2.05, 4.69) is 10.3 Å². The summed E-state index contributed by atoms with van der Waals surface area (Å²) in [5, 5.41) is 3.55. The summed E-state index contributed by atoms with van der Waals surface area (Å²) in [5.74, 6) is -0.971. The van der Waals surface area contributed by atoms with Crippen molar-refractivity contribution in [2.24, 2.45) is 0 Å². The highest BCUT2D eigenvalue weighted by molar-refractivity contribution is 7.99. The second-order valence-corrected chi connectivity index (χ2v) is 6.77. The highest BCUT2D eigenvalue weighted by Gasteiger charge is 2.12. The zero-order valence-electron chi connectivity index (χ0n) is 13.8. The standard InChI is InChI=1S/C18H15ClN2O4S/c1-11-6-7-12(19)8-14(11)20-16(22)9-24-17(23)10-26-18-21-13-4-2-3-5-15(13)25-18/h2-8H,9-10H2,1H3,(H,20,22). The summed E-state index contributed by atoms with van der Waals surface area (Å²) < 4.78 is 10.5. The largest absolute Gasteiger partial charge is 0.455 e. The van der Waals surface area contributed by atoms with E-state index in [9.17, 15) is 9.59 Å². The molecule has 26 heavy (non-hydrogen) atoms. The van der Waals surface area contributed by atoms with E-state index in [1.807, 2.05) is 25.1 Å². The molecule has 134 valence electrons. The monoisotopic (exact) mass is 390 g/mol. The maximum Gasteiger partial charge on any atom is 0.316 e. The SMILES string of the molecule is Cc1ccc(Cl)cc1NC(=O)COC(=O)CSc1nc2ccccc2o1. The number of halogens is 1. The summed E-state index contributed by atoms with van der Waals surface area (Å²) in [6, 6.07) is 12.5. The number of carbonyl (C=O) groups is 2. The third-order valence-corrected chi connectivity index (χ3v) is 4.46. The van der Waals surface area contributed by atoms with E-state index in [4.69, 9.17) is 20.8 Å². The Morgan fingerprint density at radius 1 is 1.27 bits per heavy atom. The number of para-hydroxylation sites is 2. The molecule has 0 aliphatic carbocycles. The molecule has 0 atom stereocenters. The molecule has 0 aliphatic heterocycles. The van der Waals surface area contributed by atoms with Crippen molar-refractivity contribution >= 4 is 52.0 Å². The van der Waals surface area contributed by atoms with Gasteiger partial charge in [0.05, 0.1) is 0 Å². The third kappa shape index (κ3) is 4.77. The lowest BCUT2D eigenvalue weighted by Gasteiger charge is -2.09. The Morgan fingerprint density at radius 3 is 2.88 bits per heavy atom. The number of rotatable bonds is 6. The molecule has 6 nitrogen and oxygen atoms in total. The summed E-state index contributed by atoms with van der Waals surface area (Å²) in [6.07, 6.45) is 0. The highest BCUT2D eigenvalue weighted by atomic mass is 35.5. The summed E-state index contributed by atoms with van der Waals surface area (Å²) in [7, 11) is 0. The highest BCUT2D eigenvalue weighted by Crippen LogP contribution is 2.23. The van der Waals surface area contributed by atoms with Gasteiger partial charge in [0.2, 0.25) is 0 Å². The normalized spacial score (nSPS) is 10.7. The fraction of sp³-hybridized carbons (Fsp3) is 0.167. The zero-order valence-corrected chi connectivity index (χ0v) is 15.4. The molecule has 8 heteroatoms. The van der Waals surface area contributed by atoms with Crippen LogP contribution in [0.5, 0.6) is 0 Å². The smallest absolute Gasteiger partial charge is 0.316 e. The molecule has 0 spiro atoms. The van der Waals surface area contributed by atoms with Gasteiger partial charge in [-0.05, 0) is 36.8 Å². The molecular formula is C18H15ClN2O4S. The molecule has 0 bridgehead atoms. The van der Waals surface area contributed by atoms with Gasteiger partial charge in [-0.3, -0.25) is 9.59 Å². The maximum absolute atomic E-state index is 11.9. The minimum atomic E-state index is -0.532. The Labute approximate surface area is 158 Å². The minimum absolute atomic E-state index is 0.00368. The van der Waals surface area contributed by atoms with Crippen molar-refractivity contribution in [1.82, 2.24) is 4.98 Å². The molecule has 3 rings (SSSR count). The van der Waals surface area contributed by atoms with E-state index in [1.54, 1.807) is 24.3 Å². The van der Waals surface area contributed by atoms with Crippen molar-refractivity contribution in [1.29, 1.82) is 0 Å². The Hall–Kier alpha value is -2.51. The lowest BCUT2D eigenvalue weighted by Crippen LogP contribution is -2.22. The first-order chi connectivity index (χ1) is 12.5. The molecule has 3 aromatic rings. The van der Waals surface area contributed by atoms with Gasteiger partial charge in [0.25, 0.3) is 11.1 Å². The molecule has 1 aromatic heterocycles. The number of hydrogen-bond donors (Lipinski definition) is 1. The number of amides is 1. The van der Waals surface area contributed by atoms with Gasteiger partial charge in [-0.15, -0.1) is 0 Å². The molecule has 2 aromatic carbocycles. The number of ether oxygens (including phenoxy) is 1. The van der Waals surface area contributed by atoms with Gasteiger partial charge < -0.3 is 14.5 Å². The fourth-order valence-electron chi connectivity index (χ4n) is 2.14. The van der Waals surface area contributed by atoms with Gasteiger partial charge in [-0.1, -0.05) is 41.6 Å². The second kappa shape index (κ2) is 8.25. The summed E-state index contributed by atoms with van der Waals surface area (Å²) in [4.78, 5) is 27.9. The number of nitrogens with zero attached hydrogens (tertiary/aromatic N) is 1. The molecular weight excluding hydrogens is 376 g/mol. The van der Waals surface area contributed by atoms with E-state index in [0.29, 0.717) is 21.5 Å². The van der Waals surface area contributed by atoms with Crippen LogP contribution >= 0.6 is 23.4 Å². The maximum atomic E-state index is 11.9. The zero-order chi connectivity index (χ0) is 18.5. The van der Waals surface area contributed by atoms with Crippen LogP contribution in [0.2, 0.25) is 5.02 Å². The Morgan fingerprint density at radius 2 is 2.08 bits per heavy atom. The first-order valence-corrected chi connectivity index (χ1v) is 9.07. The number of aromatic nitrogens is 1. The number of anilines is 1. The molecule has 0 fully saturated rings. The quantitative estimate of drug-likeness (QED) is 0.505. The number of nitrogens with one attached hydrogen (secondary N) is 1. The van der Waals surface area contributed by atoms with Crippen molar-refractivity contribution < 1.29 is 18.7 Å². The molecule has 1 N–H and O–H groups in total. The topological polar surface area (TPSA) is 81.4 Å². The lowest BCUT2D eigenvalue weighted by molar-refractivity contribution is -0.144. The number of aryl methyl sites for hydroxylation is 1. The summed E-state index contributed by atoms with van der Waals surface area (Å²) in [5.41, 5.74) is 2.82. The van der Waals surface area contributed by atoms with Crippen LogP contribution in [0.15, 0.2) is 52.1 Å². The molecule has 0 aliphatic rings. The molecule has 1 heterocycles. The predicted octanol–water partition coefficient (Wildman–Crippen LogP) is 4.06. The van der Waals surface area contributed by atoms with Crippen LogP contribution in [0.3, 0.4) is 0 Å². The average Bonchev–Trinajstić information content (AvgIpc) is 3.04. The predicted molar refractivity (Wildman–Crippen MR) is 101 cm³/mol. The van der Waals surface area contributed by atoms with Gasteiger partial charge in [0.15, 0.2) is 12.2 Å². The summed E-state index contributed by atoms with van der Waals surface area (Å²) >= 11 is 7.02. The van der Waals surface area contributed by atoms with Crippen LogP contribution in [-0.4, -0.2) is 29.2 Å². The van der Waals surface area contributed by atoms with Crippen LogP contribution in [0.4, 0.5) is 5.69 Å². The van der Waals surface area contributed by atoms with Crippen molar-refractivity contribution in [3.63, 3.8) is 0 Å². The number of hydrogen-bond acceptors (Lipinski definition) is 6. The molecule has 1 amide bonds. The number of fused-ring (bicyclic) bond motifs is 1. The van der Waals surface area contributed by atoms with E-state index >= 15 is 0 Å². The molecule has 0 unspecified atom stereocenters. The van der Waals surface area contributed by atoms with E-state index in [1.165, 1.54) is 0 Å². The molecule has 0 radical (unpaired) electrons. The lowest BCUT2D eigenvalue weighted by atomic mass is 10.2. The Balaban J connectivity index is 1.46. The van der Waals surface area contributed by atoms with Crippen LogP contribution in [-0.2, 0) is 14.3 Å². The average molecular weight is 391 g/mol. The van der Waals surface area contributed by atoms with Crippen molar-refractivity contribution in [3.05, 3.63) is 53.1 Å². The van der Waals surface area contributed by atoms with E-state index in [-0.39, 0.29) is 12.4 Å². The molecule has 0 saturated carbocycles. The van der Waals surface area contributed by atoms with Crippen LogP contribution in [0.1, 0.15) is 5.56 Å². The number of esters is 1. The van der Waals surface area contributed by atoms with E-state index in [0.717, 1.165) is 22.8 Å². The number of carbonyl (C=O) groups excluding carboxylic acids is 2. The van der Waals surface area contributed by atoms with Crippen molar-refractivity contribution in [3.8, 4) is 0 Å². The fourth-order valence-corrected chi connectivity index (χ4v) is 2.94. The second-order valence-electron chi connectivity index (χ2n) is 5.40. The first kappa shape index (κ1) is 18.3. The van der Waals surface area contributed by atoms with Gasteiger partial charge in [-0.2, -0.15) is 0 Å². The van der Waals surface area contributed by atoms with Crippen LogP contribution in [0, 0.1) is 6.92 Å². The first-order valence-electron chi connectivity index (χ1n) is 7.71. The van der Waals surface area contributed by atoms with Gasteiger partial charge >= 0.3 is 5.97 Å². The number of benzene rings is 2.